The largest absolute Gasteiger partial charge is 0.489 e. The Bertz CT molecular complexity index is 978. The number of hydrogen-bond acceptors (Lipinski definition) is 3. The van der Waals surface area contributed by atoms with Crippen molar-refractivity contribution in [2.75, 3.05) is 26.7 Å². The predicted molar refractivity (Wildman–Crippen MR) is 110 cm³/mol. The van der Waals surface area contributed by atoms with E-state index in [1.165, 1.54) is 10.8 Å². The van der Waals surface area contributed by atoms with E-state index in [0.717, 1.165) is 16.9 Å². The summed E-state index contributed by atoms with van der Waals surface area (Å²) in [6.45, 7) is 1.30. The van der Waals surface area contributed by atoms with Gasteiger partial charge >= 0.3 is 0 Å². The molecule has 3 aromatic carbocycles. The highest BCUT2D eigenvalue weighted by Crippen LogP contribution is 2.37. The van der Waals surface area contributed by atoms with E-state index in [9.17, 15) is 8.78 Å². The van der Waals surface area contributed by atoms with E-state index >= 15 is 0 Å². The molecule has 0 radical (unpaired) electrons. The van der Waals surface area contributed by atoms with Crippen LogP contribution in [0.4, 0.5) is 8.78 Å². The van der Waals surface area contributed by atoms with Gasteiger partial charge in [0, 0.05) is 20.2 Å². The summed E-state index contributed by atoms with van der Waals surface area (Å²) in [5.74, 6) is 0.749. The second kappa shape index (κ2) is 8.47. The fourth-order valence-electron chi connectivity index (χ4n) is 4.09. The molecule has 0 aromatic heterocycles. The van der Waals surface area contributed by atoms with Crippen molar-refractivity contribution in [1.29, 1.82) is 0 Å². The Labute approximate surface area is 169 Å². The van der Waals surface area contributed by atoms with Gasteiger partial charge in [-0.05, 0) is 46.5 Å². The van der Waals surface area contributed by atoms with Crippen LogP contribution in [0.1, 0.15) is 17.5 Å². The normalized spacial score (nSPS) is 19.9. The van der Waals surface area contributed by atoms with Gasteiger partial charge in [-0.15, -0.1) is 0 Å². The molecule has 0 amide bonds. The number of benzene rings is 3. The van der Waals surface area contributed by atoms with Gasteiger partial charge in [-0.2, -0.15) is 0 Å². The molecule has 1 heterocycles. The molecular formula is C24H25F2NO2. The second-order valence-corrected chi connectivity index (χ2v) is 7.57. The molecule has 1 unspecified atom stereocenters. The Morgan fingerprint density at radius 1 is 1.00 bits per heavy atom. The van der Waals surface area contributed by atoms with Crippen molar-refractivity contribution in [3.63, 3.8) is 0 Å². The molecule has 3 aromatic rings. The van der Waals surface area contributed by atoms with Gasteiger partial charge in [-0.1, -0.05) is 48.5 Å². The van der Waals surface area contributed by atoms with Crippen molar-refractivity contribution in [2.24, 2.45) is 0 Å². The lowest BCUT2D eigenvalue weighted by Crippen LogP contribution is -2.34. The molecule has 0 bridgehead atoms. The van der Waals surface area contributed by atoms with Crippen molar-refractivity contribution < 1.29 is 18.3 Å². The van der Waals surface area contributed by atoms with Crippen LogP contribution in [0.3, 0.4) is 0 Å². The molecule has 1 aliphatic heterocycles. The first-order chi connectivity index (χ1) is 14.1. The van der Waals surface area contributed by atoms with E-state index in [0.29, 0.717) is 26.1 Å². The number of ether oxygens (including phenoxy) is 2. The first-order valence-electron chi connectivity index (χ1n) is 9.85. The molecule has 1 saturated heterocycles. The third kappa shape index (κ3) is 4.41. The van der Waals surface area contributed by atoms with Crippen LogP contribution in [0.25, 0.3) is 10.8 Å². The summed E-state index contributed by atoms with van der Waals surface area (Å²) in [4.78, 5) is 1.76. The fourth-order valence-corrected chi connectivity index (χ4v) is 4.09. The molecule has 1 aliphatic rings. The Balaban J connectivity index is 1.47. The predicted octanol–water partition coefficient (Wildman–Crippen LogP) is 5.23. The number of alkyl halides is 2. The molecule has 3 nitrogen and oxygen atoms in total. The van der Waals surface area contributed by atoms with E-state index in [-0.39, 0.29) is 6.54 Å². The van der Waals surface area contributed by atoms with Gasteiger partial charge in [0.1, 0.15) is 18.0 Å². The Kier molecular flexibility index (Phi) is 5.79. The summed E-state index contributed by atoms with van der Waals surface area (Å²) < 4.78 is 37.4. The van der Waals surface area contributed by atoms with Gasteiger partial charge in [-0.25, -0.2) is 8.78 Å². The third-order valence-electron chi connectivity index (χ3n) is 5.68. The number of halogens is 2. The van der Waals surface area contributed by atoms with Gasteiger partial charge in [0.2, 0.25) is 0 Å². The van der Waals surface area contributed by atoms with Gasteiger partial charge in [0.25, 0.3) is 6.43 Å². The quantitative estimate of drug-likeness (QED) is 0.545. The molecule has 1 fully saturated rings. The van der Waals surface area contributed by atoms with Crippen molar-refractivity contribution >= 4 is 10.8 Å². The van der Waals surface area contributed by atoms with Crippen molar-refractivity contribution in [3.05, 3.63) is 77.9 Å². The number of nitrogens with zero attached hydrogens (tertiary/aromatic N) is 1. The van der Waals surface area contributed by atoms with Crippen LogP contribution in [-0.2, 0) is 16.9 Å². The number of hydrogen-bond donors (Lipinski definition) is 0. The number of methoxy groups -OCH3 is 1. The monoisotopic (exact) mass is 397 g/mol. The molecular weight excluding hydrogens is 372 g/mol. The Hall–Kier alpha value is -2.50. The number of fused-ring (bicyclic) bond motifs is 1. The average molecular weight is 397 g/mol. The SMILES string of the molecule is COC1(c2cccc(OCc3ccc4ccccc4c3)c2)CCN(CC(F)F)C1. The Morgan fingerprint density at radius 2 is 1.83 bits per heavy atom. The maximum absolute atomic E-state index is 12.8. The zero-order valence-electron chi connectivity index (χ0n) is 16.5. The molecule has 152 valence electrons. The molecule has 4 rings (SSSR count). The molecule has 0 spiro atoms. The minimum absolute atomic E-state index is 0.219. The second-order valence-electron chi connectivity index (χ2n) is 7.57. The van der Waals surface area contributed by atoms with Crippen LogP contribution in [0.5, 0.6) is 5.75 Å². The minimum Gasteiger partial charge on any atom is -0.489 e. The van der Waals surface area contributed by atoms with Crippen LogP contribution < -0.4 is 4.74 Å². The lowest BCUT2D eigenvalue weighted by molar-refractivity contribution is -0.0106. The van der Waals surface area contributed by atoms with Gasteiger partial charge in [-0.3, -0.25) is 4.90 Å². The summed E-state index contributed by atoms with van der Waals surface area (Å²) in [5.41, 5.74) is 1.49. The highest BCUT2D eigenvalue weighted by Gasteiger charge is 2.40. The molecule has 0 aliphatic carbocycles. The summed E-state index contributed by atoms with van der Waals surface area (Å²) in [6.07, 6.45) is -1.65. The third-order valence-corrected chi connectivity index (χ3v) is 5.68. The summed E-state index contributed by atoms with van der Waals surface area (Å²) in [7, 11) is 1.65. The standard InChI is InChI=1S/C24H25F2NO2/c1-28-24(11-12-27(17-24)15-23(25)26)21-7-4-8-22(14-21)29-16-18-9-10-19-5-2-3-6-20(19)13-18/h2-10,13-14,23H,11-12,15-17H2,1H3. The molecule has 5 heteroatoms. The average Bonchev–Trinajstić information content (AvgIpc) is 3.16. The first kappa shape index (κ1) is 19.8. The van der Waals surface area contributed by atoms with Crippen LogP contribution in [0.2, 0.25) is 0 Å². The molecule has 0 N–H and O–H groups in total. The summed E-state index contributed by atoms with van der Waals surface area (Å²) >= 11 is 0. The zero-order chi connectivity index (χ0) is 20.3. The minimum atomic E-state index is -2.33. The Morgan fingerprint density at radius 3 is 2.62 bits per heavy atom. The zero-order valence-corrected chi connectivity index (χ0v) is 16.5. The highest BCUT2D eigenvalue weighted by molar-refractivity contribution is 5.82. The molecule has 1 atom stereocenters. The highest BCUT2D eigenvalue weighted by atomic mass is 19.3. The van der Waals surface area contributed by atoms with Crippen molar-refractivity contribution in [1.82, 2.24) is 4.90 Å². The maximum atomic E-state index is 12.8. The van der Waals surface area contributed by atoms with Crippen molar-refractivity contribution in [3.8, 4) is 5.75 Å². The van der Waals surface area contributed by atoms with E-state index in [1.807, 2.05) is 36.4 Å². The van der Waals surface area contributed by atoms with E-state index < -0.39 is 12.0 Å². The van der Waals surface area contributed by atoms with E-state index in [4.69, 9.17) is 9.47 Å². The van der Waals surface area contributed by atoms with Crippen molar-refractivity contribution in [2.45, 2.75) is 25.1 Å². The van der Waals surface area contributed by atoms with Gasteiger partial charge in [0.05, 0.1) is 6.54 Å². The van der Waals surface area contributed by atoms with Crippen LogP contribution in [0.15, 0.2) is 66.7 Å². The smallest absolute Gasteiger partial charge is 0.251 e. The van der Waals surface area contributed by atoms with Gasteiger partial charge < -0.3 is 9.47 Å². The summed E-state index contributed by atoms with van der Waals surface area (Å²) in [6, 6.07) is 22.3. The lowest BCUT2D eigenvalue weighted by Gasteiger charge is -2.29. The molecule has 29 heavy (non-hydrogen) atoms. The number of likely N-dealkylation sites (tertiary alicyclic amines) is 1. The van der Waals surface area contributed by atoms with Crippen LogP contribution >= 0.6 is 0 Å². The molecule has 0 saturated carbocycles. The fraction of sp³-hybridized carbons (Fsp3) is 0.333. The van der Waals surface area contributed by atoms with Crippen LogP contribution in [0, 0.1) is 0 Å². The van der Waals surface area contributed by atoms with Crippen LogP contribution in [-0.4, -0.2) is 38.1 Å². The lowest BCUT2D eigenvalue weighted by atomic mass is 9.92. The van der Waals surface area contributed by atoms with Gasteiger partial charge in [0.15, 0.2) is 0 Å². The van der Waals surface area contributed by atoms with E-state index in [2.05, 4.69) is 30.3 Å². The maximum Gasteiger partial charge on any atom is 0.251 e. The van der Waals surface area contributed by atoms with E-state index in [1.54, 1.807) is 12.0 Å². The number of rotatable bonds is 7. The topological polar surface area (TPSA) is 21.7 Å². The summed E-state index contributed by atoms with van der Waals surface area (Å²) in [5, 5.41) is 2.39. The first-order valence-corrected chi connectivity index (χ1v) is 9.85.